The van der Waals surface area contributed by atoms with Crippen molar-refractivity contribution in [3.05, 3.63) is 30.2 Å². The molecule has 122 valence electrons. The molecule has 2 amide bonds. The van der Waals surface area contributed by atoms with E-state index in [0.29, 0.717) is 12.8 Å². The SMILES string of the molecule is Cn1nccc1C1(O)C[C@H]2CC[C@@H](C1)N2C(=O)Nc1ccns1. The molecule has 2 aliphatic rings. The molecule has 4 heterocycles. The molecule has 23 heavy (non-hydrogen) atoms. The molecule has 2 saturated heterocycles. The van der Waals surface area contributed by atoms with Gasteiger partial charge in [0.1, 0.15) is 10.6 Å². The number of amides is 2. The van der Waals surface area contributed by atoms with Crippen LogP contribution in [0.25, 0.3) is 0 Å². The number of anilines is 1. The molecule has 2 fully saturated rings. The van der Waals surface area contributed by atoms with Crippen LogP contribution in [0.2, 0.25) is 0 Å². The highest BCUT2D eigenvalue weighted by atomic mass is 32.1. The van der Waals surface area contributed by atoms with Gasteiger partial charge in [-0.3, -0.25) is 10.00 Å². The number of nitrogens with one attached hydrogen (secondary N) is 1. The Kier molecular flexibility index (Phi) is 3.38. The normalized spacial score (nSPS) is 29.7. The van der Waals surface area contributed by atoms with E-state index in [2.05, 4.69) is 14.8 Å². The highest BCUT2D eigenvalue weighted by Gasteiger charge is 2.51. The maximum Gasteiger partial charge on any atom is 0.323 e. The molecule has 2 aromatic heterocycles. The summed E-state index contributed by atoms with van der Waals surface area (Å²) in [6.45, 7) is 0. The van der Waals surface area contributed by atoms with Crippen molar-refractivity contribution in [2.75, 3.05) is 5.32 Å². The molecule has 0 saturated carbocycles. The van der Waals surface area contributed by atoms with Crippen molar-refractivity contribution in [3.8, 4) is 0 Å². The summed E-state index contributed by atoms with van der Waals surface area (Å²) < 4.78 is 5.73. The molecule has 0 aliphatic carbocycles. The quantitative estimate of drug-likeness (QED) is 0.879. The maximum atomic E-state index is 12.6. The topological polar surface area (TPSA) is 83.3 Å². The summed E-state index contributed by atoms with van der Waals surface area (Å²) in [5.41, 5.74) is -0.0739. The van der Waals surface area contributed by atoms with E-state index in [1.165, 1.54) is 11.5 Å². The molecule has 2 N–H and O–H groups in total. The fourth-order valence-corrected chi connectivity index (χ4v) is 4.54. The first-order valence-electron chi connectivity index (χ1n) is 7.78. The number of piperidine rings is 1. The molecule has 8 heteroatoms. The Morgan fingerprint density at radius 1 is 1.35 bits per heavy atom. The number of carbonyl (C=O) groups excluding carboxylic acids is 1. The van der Waals surface area contributed by atoms with Crippen LogP contribution in [-0.4, -0.2) is 42.3 Å². The molecule has 2 bridgehead atoms. The maximum absolute atomic E-state index is 12.6. The smallest absolute Gasteiger partial charge is 0.323 e. The lowest BCUT2D eigenvalue weighted by Crippen LogP contribution is -2.53. The first-order chi connectivity index (χ1) is 11.1. The summed E-state index contributed by atoms with van der Waals surface area (Å²) >= 11 is 1.27. The summed E-state index contributed by atoms with van der Waals surface area (Å²) in [4.78, 5) is 14.5. The summed E-state index contributed by atoms with van der Waals surface area (Å²) in [5.74, 6) is 0. The van der Waals surface area contributed by atoms with Crippen molar-refractivity contribution in [2.45, 2.75) is 43.4 Å². The standard InChI is InChI=1S/C15H19N5O2S/c1-19-12(4-6-16-19)15(22)8-10-2-3-11(9-15)20(10)14(21)18-13-5-7-17-23-13/h4-7,10-11,22H,2-3,8-9H2,1H3,(H,18,21)/t10-,11+,15?. The minimum Gasteiger partial charge on any atom is -0.383 e. The summed E-state index contributed by atoms with van der Waals surface area (Å²) in [7, 11) is 1.85. The van der Waals surface area contributed by atoms with E-state index in [1.807, 2.05) is 18.0 Å². The van der Waals surface area contributed by atoms with E-state index in [9.17, 15) is 9.90 Å². The fraction of sp³-hybridized carbons (Fsp3) is 0.533. The predicted molar refractivity (Wildman–Crippen MR) is 86.1 cm³/mol. The Morgan fingerprint density at radius 3 is 2.65 bits per heavy atom. The third kappa shape index (κ3) is 2.42. The second kappa shape index (κ2) is 5.31. The molecule has 4 rings (SSSR count). The van der Waals surface area contributed by atoms with E-state index in [4.69, 9.17) is 0 Å². The van der Waals surface area contributed by atoms with Crippen LogP contribution in [0.5, 0.6) is 0 Å². The van der Waals surface area contributed by atoms with E-state index < -0.39 is 5.60 Å². The first-order valence-corrected chi connectivity index (χ1v) is 8.55. The van der Waals surface area contributed by atoms with Crippen molar-refractivity contribution in [2.24, 2.45) is 7.05 Å². The Morgan fingerprint density at radius 2 is 2.09 bits per heavy atom. The van der Waals surface area contributed by atoms with Crippen LogP contribution >= 0.6 is 11.5 Å². The Bertz CT molecular complexity index is 699. The van der Waals surface area contributed by atoms with Gasteiger partial charge >= 0.3 is 6.03 Å². The lowest BCUT2D eigenvalue weighted by atomic mass is 9.83. The minimum absolute atomic E-state index is 0.0570. The van der Waals surface area contributed by atoms with Gasteiger partial charge in [0.25, 0.3) is 0 Å². The summed E-state index contributed by atoms with van der Waals surface area (Å²) in [6.07, 6.45) is 6.35. The van der Waals surface area contributed by atoms with E-state index >= 15 is 0 Å². The summed E-state index contributed by atoms with van der Waals surface area (Å²) in [6, 6.07) is 3.68. The molecule has 1 unspecified atom stereocenters. The van der Waals surface area contributed by atoms with Gasteiger partial charge in [-0.05, 0) is 36.5 Å². The second-order valence-corrected chi connectivity index (χ2v) is 7.21. The van der Waals surface area contributed by atoms with E-state index in [-0.39, 0.29) is 18.1 Å². The molecular weight excluding hydrogens is 314 g/mol. The van der Waals surface area contributed by atoms with Gasteiger partial charge in [-0.25, -0.2) is 4.79 Å². The molecule has 0 spiro atoms. The van der Waals surface area contributed by atoms with Crippen molar-refractivity contribution in [1.29, 1.82) is 0 Å². The monoisotopic (exact) mass is 333 g/mol. The number of urea groups is 1. The number of hydrogen-bond donors (Lipinski definition) is 2. The van der Waals surface area contributed by atoms with Crippen LogP contribution in [0.3, 0.4) is 0 Å². The fourth-order valence-electron chi connectivity index (χ4n) is 4.05. The van der Waals surface area contributed by atoms with Crippen molar-refractivity contribution < 1.29 is 9.90 Å². The number of aliphatic hydroxyl groups is 1. The highest BCUT2D eigenvalue weighted by Crippen LogP contribution is 2.45. The number of carbonyl (C=O) groups is 1. The van der Waals surface area contributed by atoms with Gasteiger partial charge in [-0.1, -0.05) is 0 Å². The largest absolute Gasteiger partial charge is 0.383 e. The second-order valence-electron chi connectivity index (χ2n) is 6.38. The first kappa shape index (κ1) is 14.6. The van der Waals surface area contributed by atoms with Crippen LogP contribution in [-0.2, 0) is 12.6 Å². The Hall–Kier alpha value is -1.93. The predicted octanol–water partition coefficient (Wildman–Crippen LogP) is 1.92. The van der Waals surface area contributed by atoms with Crippen molar-refractivity contribution >= 4 is 22.6 Å². The van der Waals surface area contributed by atoms with Gasteiger partial charge in [0, 0.05) is 44.4 Å². The van der Waals surface area contributed by atoms with Gasteiger partial charge in [-0.2, -0.15) is 9.47 Å². The molecule has 2 aromatic rings. The van der Waals surface area contributed by atoms with Gasteiger partial charge in [0.2, 0.25) is 0 Å². The zero-order chi connectivity index (χ0) is 16.0. The molecule has 2 aliphatic heterocycles. The van der Waals surface area contributed by atoms with E-state index in [0.717, 1.165) is 23.5 Å². The van der Waals surface area contributed by atoms with E-state index in [1.54, 1.807) is 23.1 Å². The summed E-state index contributed by atoms with van der Waals surface area (Å²) in [5, 5.41) is 19.0. The van der Waals surface area contributed by atoms with Crippen LogP contribution in [0, 0.1) is 0 Å². The van der Waals surface area contributed by atoms with Crippen molar-refractivity contribution in [1.82, 2.24) is 19.1 Å². The number of rotatable bonds is 2. The Balaban J connectivity index is 1.54. The lowest BCUT2D eigenvalue weighted by molar-refractivity contribution is -0.0479. The van der Waals surface area contributed by atoms with Gasteiger partial charge < -0.3 is 10.0 Å². The average molecular weight is 333 g/mol. The van der Waals surface area contributed by atoms with Crippen molar-refractivity contribution in [3.63, 3.8) is 0 Å². The third-order valence-electron chi connectivity index (χ3n) is 4.97. The van der Waals surface area contributed by atoms with Crippen LogP contribution in [0.4, 0.5) is 9.80 Å². The number of fused-ring (bicyclic) bond motifs is 2. The number of nitrogens with zero attached hydrogens (tertiary/aromatic N) is 4. The molecule has 7 nitrogen and oxygen atoms in total. The van der Waals surface area contributed by atoms with Crippen LogP contribution in [0.15, 0.2) is 24.5 Å². The molecule has 3 atom stereocenters. The number of hydrogen-bond acceptors (Lipinski definition) is 5. The zero-order valence-electron chi connectivity index (χ0n) is 12.8. The van der Waals surface area contributed by atoms with Gasteiger partial charge in [-0.15, -0.1) is 0 Å². The minimum atomic E-state index is -0.904. The Labute approximate surface area is 138 Å². The van der Waals surface area contributed by atoms with Gasteiger partial charge in [0.05, 0.1) is 5.69 Å². The van der Waals surface area contributed by atoms with Crippen LogP contribution < -0.4 is 5.32 Å². The molecular formula is C15H19N5O2S. The molecule has 0 aromatic carbocycles. The highest BCUT2D eigenvalue weighted by molar-refractivity contribution is 7.10. The van der Waals surface area contributed by atoms with Crippen LogP contribution in [0.1, 0.15) is 31.4 Å². The number of aryl methyl sites for hydroxylation is 1. The third-order valence-corrected chi connectivity index (χ3v) is 5.63. The van der Waals surface area contributed by atoms with Gasteiger partial charge in [0.15, 0.2) is 0 Å². The number of aromatic nitrogens is 3. The average Bonchev–Trinajstić information content (AvgIpc) is 3.20. The zero-order valence-corrected chi connectivity index (χ0v) is 13.7. The lowest BCUT2D eigenvalue weighted by Gasteiger charge is -2.43. The molecule has 0 radical (unpaired) electrons.